The number of imidazole rings is 1. The number of para-hydroxylation sites is 1. The van der Waals surface area contributed by atoms with E-state index in [0.29, 0.717) is 11.3 Å². The van der Waals surface area contributed by atoms with Gasteiger partial charge in [0, 0.05) is 42.6 Å². The fraction of sp³-hybridized carbons (Fsp3) is 0.171. The van der Waals surface area contributed by atoms with E-state index < -0.39 is 13.3 Å². The molecule has 49 heavy (non-hydrogen) atoms. The standard InChI is InChI=1S/C25H17N4O.C16H20GeN.Ir/c1-15-8-10-20-19-11-9-17(13-23(19)30-25(20)27-15)24-28-21-12-16(2)26-14-22(21)29(24)18-6-4-3-5-7-18;1-5-13-11-16(14-9-7-6-8-10-14)18-12-15(13)17(2,3)4;/h3-12,14H,1-2H3;6-9,11-12H,5H2,1-4H3;/q2*-1;. The average molecular weight is 881 g/mol. The molecule has 0 aliphatic carbocycles. The number of hydrogen-bond acceptors (Lipinski definition) is 5. The molecule has 3 aromatic carbocycles. The molecule has 8 rings (SSSR count). The number of benzene rings is 3. The summed E-state index contributed by atoms with van der Waals surface area (Å²) in [4.78, 5) is 18.6. The average Bonchev–Trinajstić information content (AvgIpc) is 3.65. The van der Waals surface area contributed by atoms with Crippen molar-refractivity contribution in [1.82, 2.24) is 24.5 Å². The van der Waals surface area contributed by atoms with Gasteiger partial charge < -0.3 is 8.98 Å². The summed E-state index contributed by atoms with van der Waals surface area (Å²) in [6.07, 6.45) is 5.07. The second-order valence-corrected chi connectivity index (χ2v) is 23.6. The molecule has 0 aliphatic rings. The molecule has 0 amide bonds. The quantitative estimate of drug-likeness (QED) is 0.127. The predicted molar refractivity (Wildman–Crippen MR) is 199 cm³/mol. The molecule has 0 unspecified atom stereocenters. The van der Waals surface area contributed by atoms with Crippen molar-refractivity contribution in [3.63, 3.8) is 0 Å². The molecule has 0 saturated heterocycles. The van der Waals surface area contributed by atoms with E-state index in [-0.39, 0.29) is 20.1 Å². The summed E-state index contributed by atoms with van der Waals surface area (Å²) in [6.45, 7) is 6.16. The molecule has 5 heterocycles. The first-order valence-corrected chi connectivity index (χ1v) is 23.6. The minimum Gasteiger partial charge on any atom is -0.459 e. The largest absolute Gasteiger partial charge is 0.459 e. The zero-order valence-corrected chi connectivity index (χ0v) is 33.0. The Morgan fingerprint density at radius 1 is 0.776 bits per heavy atom. The molecule has 0 aliphatic heterocycles. The normalized spacial score (nSPS) is 11.4. The van der Waals surface area contributed by atoms with Gasteiger partial charge in [-0.25, -0.2) is 4.98 Å². The molecule has 8 heteroatoms. The van der Waals surface area contributed by atoms with Gasteiger partial charge in [-0.15, -0.1) is 17.7 Å². The molecule has 0 N–H and O–H groups in total. The van der Waals surface area contributed by atoms with Crippen LogP contribution in [0.15, 0.2) is 108 Å². The first kappa shape index (κ1) is 34.4. The maximum absolute atomic E-state index is 6.02. The Labute approximate surface area is 303 Å². The molecule has 0 bridgehead atoms. The van der Waals surface area contributed by atoms with Crippen LogP contribution in [-0.4, -0.2) is 37.8 Å². The molecular weight excluding hydrogens is 843 g/mol. The second kappa shape index (κ2) is 14.2. The number of aromatic nitrogens is 5. The van der Waals surface area contributed by atoms with Crippen molar-refractivity contribution in [1.29, 1.82) is 0 Å². The fourth-order valence-corrected chi connectivity index (χ4v) is 9.56. The third-order valence-corrected chi connectivity index (χ3v) is 12.8. The van der Waals surface area contributed by atoms with Gasteiger partial charge in [-0.05, 0) is 38.1 Å². The van der Waals surface area contributed by atoms with Gasteiger partial charge in [0.25, 0.3) is 0 Å². The van der Waals surface area contributed by atoms with Gasteiger partial charge in [0.2, 0.25) is 5.71 Å². The van der Waals surface area contributed by atoms with Crippen molar-refractivity contribution in [2.45, 2.75) is 44.5 Å². The summed E-state index contributed by atoms with van der Waals surface area (Å²) in [5.74, 6) is 8.06. The maximum Gasteiger partial charge on any atom is 0.215 e. The second-order valence-electron chi connectivity index (χ2n) is 13.0. The van der Waals surface area contributed by atoms with Crippen molar-refractivity contribution in [3.8, 4) is 28.3 Å². The minimum atomic E-state index is -1.80. The van der Waals surface area contributed by atoms with Crippen LogP contribution >= 0.6 is 0 Å². The molecule has 8 aromatic rings. The summed E-state index contributed by atoms with van der Waals surface area (Å²) >= 11 is -1.80. The van der Waals surface area contributed by atoms with Crippen LogP contribution in [0.3, 0.4) is 0 Å². The molecule has 0 atom stereocenters. The van der Waals surface area contributed by atoms with Crippen molar-refractivity contribution in [2.24, 2.45) is 0 Å². The number of furan rings is 1. The van der Waals surface area contributed by atoms with Crippen molar-refractivity contribution in [3.05, 3.63) is 132 Å². The van der Waals surface area contributed by atoms with E-state index in [2.05, 4.69) is 92.4 Å². The molecule has 1 radical (unpaired) electrons. The Kier molecular flexibility index (Phi) is 9.98. The summed E-state index contributed by atoms with van der Waals surface area (Å²) in [5.41, 5.74) is 10.5. The Morgan fingerprint density at radius 3 is 2.29 bits per heavy atom. The van der Waals surface area contributed by atoms with Crippen LogP contribution in [0.2, 0.25) is 17.3 Å². The van der Waals surface area contributed by atoms with Gasteiger partial charge in [0.05, 0.1) is 28.6 Å². The Bertz CT molecular complexity index is 2400. The summed E-state index contributed by atoms with van der Waals surface area (Å²) in [6, 6.07) is 37.3. The van der Waals surface area contributed by atoms with Crippen molar-refractivity contribution < 1.29 is 24.5 Å². The molecule has 247 valence electrons. The Morgan fingerprint density at radius 2 is 1.55 bits per heavy atom. The Hall–Kier alpha value is -4.43. The molecule has 0 fully saturated rings. The summed E-state index contributed by atoms with van der Waals surface area (Å²) in [5, 5.41) is 2.00. The maximum atomic E-state index is 6.02. The van der Waals surface area contributed by atoms with Gasteiger partial charge in [-0.3, -0.25) is 9.97 Å². The van der Waals surface area contributed by atoms with Crippen molar-refractivity contribution >= 4 is 50.8 Å². The van der Waals surface area contributed by atoms with Crippen LogP contribution in [0.25, 0.3) is 61.4 Å². The van der Waals surface area contributed by atoms with Gasteiger partial charge in [-0.1, -0.05) is 35.7 Å². The van der Waals surface area contributed by atoms with Crippen LogP contribution < -0.4 is 4.40 Å². The van der Waals surface area contributed by atoms with Crippen molar-refractivity contribution in [2.75, 3.05) is 0 Å². The zero-order chi connectivity index (χ0) is 33.4. The van der Waals surface area contributed by atoms with Crippen LogP contribution in [0.4, 0.5) is 0 Å². The first-order chi connectivity index (χ1) is 23.2. The first-order valence-electron chi connectivity index (χ1n) is 16.3. The molecule has 5 aromatic heterocycles. The van der Waals surface area contributed by atoms with E-state index in [4.69, 9.17) is 9.40 Å². The van der Waals surface area contributed by atoms with E-state index in [0.717, 1.165) is 67.9 Å². The number of fused-ring (bicyclic) bond motifs is 4. The minimum absolute atomic E-state index is 0. The topological polar surface area (TPSA) is 69.6 Å². The van der Waals surface area contributed by atoms with Crippen LogP contribution in [0.1, 0.15) is 23.9 Å². The number of aryl methyl sites for hydroxylation is 3. The van der Waals surface area contributed by atoms with Gasteiger partial charge >= 0.3 is 113 Å². The summed E-state index contributed by atoms with van der Waals surface area (Å²) < 4.78 is 9.66. The van der Waals surface area contributed by atoms with Gasteiger partial charge in [-0.2, -0.15) is 0 Å². The van der Waals surface area contributed by atoms with E-state index >= 15 is 0 Å². The van der Waals surface area contributed by atoms with E-state index in [1.54, 1.807) is 0 Å². The number of hydrogen-bond donors (Lipinski definition) is 0. The zero-order valence-electron chi connectivity index (χ0n) is 28.5. The fourth-order valence-electron chi connectivity index (χ4n) is 6.07. The van der Waals surface area contributed by atoms with Gasteiger partial charge in [0.15, 0.2) is 0 Å². The smallest absolute Gasteiger partial charge is 0.215 e. The van der Waals surface area contributed by atoms with Gasteiger partial charge in [0.1, 0.15) is 0 Å². The predicted octanol–water partition coefficient (Wildman–Crippen LogP) is 9.45. The molecule has 0 spiro atoms. The number of nitrogens with zero attached hydrogens (tertiary/aromatic N) is 5. The van der Waals surface area contributed by atoms with E-state index in [1.165, 1.54) is 9.96 Å². The van der Waals surface area contributed by atoms with E-state index in [9.17, 15) is 0 Å². The molecular formula is C41H37GeIrN5O-2. The van der Waals surface area contributed by atoms with Crippen LogP contribution in [0.5, 0.6) is 0 Å². The monoisotopic (exact) mass is 882 g/mol. The van der Waals surface area contributed by atoms with Crippen LogP contribution in [-0.2, 0) is 26.5 Å². The third-order valence-electron chi connectivity index (χ3n) is 8.49. The number of rotatable bonds is 5. The van der Waals surface area contributed by atoms with Crippen LogP contribution in [0, 0.1) is 26.0 Å². The molecule has 6 nitrogen and oxygen atoms in total. The summed E-state index contributed by atoms with van der Waals surface area (Å²) in [7, 11) is 0. The van der Waals surface area contributed by atoms with E-state index in [1.807, 2.05) is 80.7 Å². The molecule has 0 saturated carbocycles. The number of pyridine rings is 3. The SMILES string of the molecule is CCc1cc(-c2[c-]cccc2)nc[c]1[Ge]([CH3])([CH3])[CH3].Cc1cc2nc(-c3[c-]c4oc5nc(C)ccc5c4cc3)n(-c3ccccc3)c2cn1.[Ir]. The Balaban J connectivity index is 0.000000189. The third kappa shape index (κ3) is 7.02.